The summed E-state index contributed by atoms with van der Waals surface area (Å²) < 4.78 is 8.84. The first-order valence-electron chi connectivity index (χ1n) is 10.2. The highest BCUT2D eigenvalue weighted by molar-refractivity contribution is 9.11. The summed E-state index contributed by atoms with van der Waals surface area (Å²) in [5.74, 6) is 0.324. The zero-order valence-electron chi connectivity index (χ0n) is 19.1. The van der Waals surface area contributed by atoms with E-state index < -0.39 is 0 Å². The van der Waals surface area contributed by atoms with Crippen LogP contribution in [-0.2, 0) is 5.41 Å². The molecule has 0 bridgehead atoms. The number of hydrogen-bond donors (Lipinski definition) is 1. The molecule has 168 valence electrons. The van der Waals surface area contributed by atoms with Gasteiger partial charge < -0.3 is 9.30 Å². The van der Waals surface area contributed by atoms with Gasteiger partial charge in [0.15, 0.2) is 0 Å². The Morgan fingerprint density at radius 1 is 1.06 bits per heavy atom. The van der Waals surface area contributed by atoms with Crippen LogP contribution in [0.3, 0.4) is 0 Å². The van der Waals surface area contributed by atoms with E-state index in [1.807, 2.05) is 6.92 Å². The van der Waals surface area contributed by atoms with Gasteiger partial charge in [0, 0.05) is 28.2 Å². The number of hydrogen-bond acceptors (Lipinski definition) is 3. The molecule has 1 heterocycles. The van der Waals surface area contributed by atoms with Crippen LogP contribution in [0.4, 0.5) is 0 Å². The zero-order valence-corrected chi connectivity index (χ0v) is 22.3. The molecule has 0 aliphatic heterocycles. The van der Waals surface area contributed by atoms with Crippen LogP contribution in [0.15, 0.2) is 56.5 Å². The average molecular weight is 561 g/mol. The lowest BCUT2D eigenvalue weighted by atomic mass is 9.87. The van der Waals surface area contributed by atoms with Gasteiger partial charge in [0.1, 0.15) is 5.75 Å². The molecule has 7 heteroatoms. The standard InChI is InChI=1S/C25H27Br2N3O2/c1-15-11-18(16(2)30(15)20-9-7-19(8-10-20)25(3,4)5)14-28-29-24(31)17-12-21(26)23(32-6)22(27)13-17/h7-14H,1-6H3,(H,29,31)/b28-14+. The molecule has 3 aromatic rings. The molecular weight excluding hydrogens is 534 g/mol. The molecule has 0 saturated carbocycles. The average Bonchev–Trinajstić information content (AvgIpc) is 3.00. The number of aromatic nitrogens is 1. The van der Waals surface area contributed by atoms with Crippen molar-refractivity contribution in [3.05, 3.63) is 79.5 Å². The summed E-state index contributed by atoms with van der Waals surface area (Å²) in [6, 6.07) is 14.1. The minimum Gasteiger partial charge on any atom is -0.494 e. The summed E-state index contributed by atoms with van der Waals surface area (Å²) in [6.07, 6.45) is 1.67. The van der Waals surface area contributed by atoms with Crippen LogP contribution in [0.2, 0.25) is 0 Å². The van der Waals surface area contributed by atoms with Crippen LogP contribution in [0.5, 0.6) is 5.75 Å². The molecule has 0 fully saturated rings. The van der Waals surface area contributed by atoms with Crippen LogP contribution >= 0.6 is 31.9 Å². The molecule has 2 aromatic carbocycles. The SMILES string of the molecule is COc1c(Br)cc(C(=O)N/N=C/c2cc(C)n(-c3ccc(C(C)(C)C)cc3)c2C)cc1Br. The Morgan fingerprint density at radius 3 is 2.19 bits per heavy atom. The maximum absolute atomic E-state index is 12.5. The smallest absolute Gasteiger partial charge is 0.271 e. The molecule has 0 unspecified atom stereocenters. The number of nitrogens with zero attached hydrogens (tertiary/aromatic N) is 2. The Bertz CT molecular complexity index is 1150. The molecule has 0 saturated heterocycles. The van der Waals surface area contributed by atoms with Gasteiger partial charge in [0.25, 0.3) is 5.91 Å². The van der Waals surface area contributed by atoms with Crippen molar-refractivity contribution >= 4 is 44.0 Å². The van der Waals surface area contributed by atoms with Gasteiger partial charge in [-0.1, -0.05) is 32.9 Å². The number of nitrogens with one attached hydrogen (secondary N) is 1. The van der Waals surface area contributed by atoms with Crippen molar-refractivity contribution in [1.82, 2.24) is 9.99 Å². The molecular formula is C25H27Br2N3O2. The molecule has 1 aromatic heterocycles. The van der Waals surface area contributed by atoms with Gasteiger partial charge in [-0.3, -0.25) is 4.79 Å². The highest BCUT2D eigenvalue weighted by Crippen LogP contribution is 2.34. The minimum atomic E-state index is -0.308. The number of hydrazone groups is 1. The van der Waals surface area contributed by atoms with Crippen molar-refractivity contribution in [2.75, 3.05) is 7.11 Å². The molecule has 5 nitrogen and oxygen atoms in total. The van der Waals surface area contributed by atoms with E-state index in [0.717, 1.165) is 22.6 Å². The fourth-order valence-corrected chi connectivity index (χ4v) is 5.05. The Hall–Kier alpha value is -2.38. The number of rotatable bonds is 5. The number of amides is 1. The van der Waals surface area contributed by atoms with Crippen molar-refractivity contribution in [1.29, 1.82) is 0 Å². The number of carbonyl (C=O) groups excluding carboxylic acids is 1. The van der Waals surface area contributed by atoms with Gasteiger partial charge in [0.05, 0.1) is 22.3 Å². The van der Waals surface area contributed by atoms with Gasteiger partial charge in [0.2, 0.25) is 0 Å². The van der Waals surface area contributed by atoms with E-state index in [1.54, 1.807) is 25.5 Å². The van der Waals surface area contributed by atoms with Crippen LogP contribution in [0, 0.1) is 13.8 Å². The van der Waals surface area contributed by atoms with Crippen LogP contribution in [0.1, 0.15) is 53.6 Å². The van der Waals surface area contributed by atoms with E-state index >= 15 is 0 Å². The van der Waals surface area contributed by atoms with E-state index in [0.29, 0.717) is 20.3 Å². The third-order valence-corrected chi connectivity index (χ3v) is 6.47. The second kappa shape index (κ2) is 9.63. The maximum Gasteiger partial charge on any atom is 0.271 e. The predicted molar refractivity (Wildman–Crippen MR) is 137 cm³/mol. The molecule has 0 spiro atoms. The predicted octanol–water partition coefficient (Wildman–Crippen LogP) is 6.69. The lowest BCUT2D eigenvalue weighted by molar-refractivity contribution is 0.0955. The number of carbonyl (C=O) groups is 1. The number of aryl methyl sites for hydroxylation is 1. The first-order chi connectivity index (χ1) is 15.0. The molecule has 3 rings (SSSR count). The first kappa shape index (κ1) is 24.3. The Morgan fingerprint density at radius 2 is 1.66 bits per heavy atom. The molecule has 0 aliphatic rings. The van der Waals surface area contributed by atoms with E-state index in [1.165, 1.54) is 5.56 Å². The van der Waals surface area contributed by atoms with E-state index in [4.69, 9.17) is 4.74 Å². The maximum atomic E-state index is 12.5. The monoisotopic (exact) mass is 559 g/mol. The minimum absolute atomic E-state index is 0.115. The third kappa shape index (κ3) is 5.15. The van der Waals surface area contributed by atoms with Crippen molar-refractivity contribution in [3.63, 3.8) is 0 Å². The van der Waals surface area contributed by atoms with Crippen LogP contribution in [0.25, 0.3) is 5.69 Å². The summed E-state index contributed by atoms with van der Waals surface area (Å²) >= 11 is 6.83. The Kier molecular flexibility index (Phi) is 7.30. The summed E-state index contributed by atoms with van der Waals surface area (Å²) in [6.45, 7) is 10.7. The van der Waals surface area contributed by atoms with E-state index in [9.17, 15) is 4.79 Å². The number of methoxy groups -OCH3 is 1. The molecule has 1 amide bonds. The van der Waals surface area contributed by atoms with E-state index in [-0.39, 0.29) is 11.3 Å². The second-order valence-corrected chi connectivity index (χ2v) is 10.3. The highest BCUT2D eigenvalue weighted by atomic mass is 79.9. The normalized spacial score (nSPS) is 11.8. The van der Waals surface area contributed by atoms with Gasteiger partial charge in [-0.05, 0) is 87.0 Å². The zero-order chi connectivity index (χ0) is 23.6. The second-order valence-electron chi connectivity index (χ2n) is 8.63. The molecule has 0 aliphatic carbocycles. The Labute approximate surface area is 206 Å². The van der Waals surface area contributed by atoms with Crippen molar-refractivity contribution in [3.8, 4) is 11.4 Å². The van der Waals surface area contributed by atoms with Crippen LogP contribution in [-0.4, -0.2) is 23.8 Å². The van der Waals surface area contributed by atoms with Crippen molar-refractivity contribution < 1.29 is 9.53 Å². The quantitative estimate of drug-likeness (QED) is 0.279. The summed E-state index contributed by atoms with van der Waals surface area (Å²) in [4.78, 5) is 12.5. The van der Waals surface area contributed by atoms with Crippen LogP contribution < -0.4 is 10.2 Å². The number of benzene rings is 2. The number of ether oxygens (including phenoxy) is 1. The van der Waals surface area contributed by atoms with Gasteiger partial charge in [-0.15, -0.1) is 0 Å². The fourth-order valence-electron chi connectivity index (χ4n) is 3.54. The summed E-state index contributed by atoms with van der Waals surface area (Å²) in [7, 11) is 1.57. The molecule has 32 heavy (non-hydrogen) atoms. The number of halogens is 2. The summed E-state index contributed by atoms with van der Waals surface area (Å²) in [5.41, 5.74) is 8.67. The first-order valence-corrected chi connectivity index (χ1v) is 11.8. The van der Waals surface area contributed by atoms with Gasteiger partial charge in [-0.2, -0.15) is 5.10 Å². The molecule has 1 N–H and O–H groups in total. The molecule has 0 radical (unpaired) electrons. The van der Waals surface area contributed by atoms with Crippen molar-refractivity contribution in [2.24, 2.45) is 5.10 Å². The highest BCUT2D eigenvalue weighted by Gasteiger charge is 2.15. The lowest BCUT2D eigenvalue weighted by Crippen LogP contribution is -2.17. The van der Waals surface area contributed by atoms with E-state index in [2.05, 4.69) is 105 Å². The topological polar surface area (TPSA) is 55.6 Å². The molecule has 0 atom stereocenters. The largest absolute Gasteiger partial charge is 0.494 e. The van der Waals surface area contributed by atoms with Crippen molar-refractivity contribution in [2.45, 2.75) is 40.0 Å². The fraction of sp³-hybridized carbons (Fsp3) is 0.280. The van der Waals surface area contributed by atoms with Gasteiger partial charge in [-0.25, -0.2) is 5.43 Å². The lowest BCUT2D eigenvalue weighted by Gasteiger charge is -2.20. The third-order valence-electron chi connectivity index (χ3n) is 5.30. The van der Waals surface area contributed by atoms with Gasteiger partial charge >= 0.3 is 0 Å². The Balaban J connectivity index is 1.78. The summed E-state index contributed by atoms with van der Waals surface area (Å²) in [5, 5.41) is 4.18.